The van der Waals surface area contributed by atoms with Crippen LogP contribution in [0.2, 0.25) is 0 Å². The minimum absolute atomic E-state index is 0.0821. The third-order valence-corrected chi connectivity index (χ3v) is 4.37. The monoisotopic (exact) mass is 371 g/mol. The molecule has 1 atom stereocenters. The highest BCUT2D eigenvalue weighted by molar-refractivity contribution is 5.95. The van der Waals surface area contributed by atoms with Crippen LogP contribution in [0, 0.1) is 0 Å². The summed E-state index contributed by atoms with van der Waals surface area (Å²) in [6, 6.07) is 12.8. The number of methoxy groups -OCH3 is 1. The Morgan fingerprint density at radius 1 is 1.15 bits per heavy atom. The second-order valence-corrected chi connectivity index (χ2v) is 6.14. The summed E-state index contributed by atoms with van der Waals surface area (Å²) < 4.78 is 22.6. The quantitative estimate of drug-likeness (QED) is 0.747. The first-order valence-electron chi connectivity index (χ1n) is 9.14. The molecule has 6 nitrogen and oxygen atoms in total. The number of carbonyl (C=O) groups excluding carboxylic acids is 1. The molecule has 1 unspecified atom stereocenters. The van der Waals surface area contributed by atoms with E-state index < -0.39 is 0 Å². The van der Waals surface area contributed by atoms with Gasteiger partial charge in [0.2, 0.25) is 0 Å². The van der Waals surface area contributed by atoms with Crippen molar-refractivity contribution in [3.63, 3.8) is 0 Å². The van der Waals surface area contributed by atoms with Crippen molar-refractivity contribution in [3.05, 3.63) is 48.0 Å². The molecule has 1 heterocycles. The molecule has 0 radical (unpaired) electrons. The Balaban J connectivity index is 1.71. The van der Waals surface area contributed by atoms with Crippen molar-refractivity contribution < 1.29 is 23.7 Å². The number of benzene rings is 2. The van der Waals surface area contributed by atoms with Crippen LogP contribution >= 0.6 is 0 Å². The van der Waals surface area contributed by atoms with Crippen molar-refractivity contribution in [3.8, 4) is 23.0 Å². The van der Waals surface area contributed by atoms with Gasteiger partial charge < -0.3 is 23.8 Å². The van der Waals surface area contributed by atoms with Crippen LogP contribution in [0.5, 0.6) is 23.0 Å². The van der Waals surface area contributed by atoms with E-state index in [2.05, 4.69) is 0 Å². The van der Waals surface area contributed by atoms with Crippen molar-refractivity contribution in [1.82, 2.24) is 4.90 Å². The Morgan fingerprint density at radius 3 is 2.63 bits per heavy atom. The maximum atomic E-state index is 13.0. The Bertz CT molecular complexity index is 792. The van der Waals surface area contributed by atoms with E-state index in [1.54, 1.807) is 30.2 Å². The molecule has 1 aliphatic heterocycles. The molecular weight excluding hydrogens is 346 g/mol. The number of amides is 1. The number of nitrogens with zero attached hydrogens (tertiary/aromatic N) is 1. The SMILES string of the molecule is CCOc1ccc(C(=O)N(CC)CC2COc3ccccc3O2)cc1OC. The summed E-state index contributed by atoms with van der Waals surface area (Å²) >= 11 is 0. The fourth-order valence-corrected chi connectivity index (χ4v) is 3.01. The fraction of sp³-hybridized carbons (Fsp3) is 0.381. The van der Waals surface area contributed by atoms with Crippen LogP contribution in [-0.4, -0.2) is 50.3 Å². The highest BCUT2D eigenvalue weighted by atomic mass is 16.6. The number of ether oxygens (including phenoxy) is 4. The summed E-state index contributed by atoms with van der Waals surface area (Å²) in [5.74, 6) is 2.53. The van der Waals surface area contributed by atoms with Gasteiger partial charge in [0, 0.05) is 12.1 Å². The number of hydrogen-bond donors (Lipinski definition) is 0. The number of likely N-dealkylation sites (N-methyl/N-ethyl adjacent to an activating group) is 1. The predicted octanol–water partition coefficient (Wildman–Crippen LogP) is 3.40. The highest BCUT2D eigenvalue weighted by Crippen LogP contribution is 2.31. The van der Waals surface area contributed by atoms with E-state index in [-0.39, 0.29) is 12.0 Å². The maximum absolute atomic E-state index is 13.0. The second kappa shape index (κ2) is 8.66. The summed E-state index contributed by atoms with van der Waals surface area (Å²) in [4.78, 5) is 14.7. The lowest BCUT2D eigenvalue weighted by atomic mass is 10.1. The second-order valence-electron chi connectivity index (χ2n) is 6.14. The molecule has 27 heavy (non-hydrogen) atoms. The molecule has 0 saturated carbocycles. The molecule has 6 heteroatoms. The lowest BCUT2D eigenvalue weighted by Gasteiger charge is -2.31. The van der Waals surface area contributed by atoms with E-state index in [0.717, 1.165) is 5.75 Å². The summed E-state index contributed by atoms with van der Waals surface area (Å²) in [6.45, 7) is 5.80. The molecule has 0 saturated heterocycles. The fourth-order valence-electron chi connectivity index (χ4n) is 3.01. The lowest BCUT2D eigenvalue weighted by molar-refractivity contribution is 0.0474. The van der Waals surface area contributed by atoms with Crippen molar-refractivity contribution in [2.75, 3.05) is 33.4 Å². The predicted molar refractivity (Wildman–Crippen MR) is 102 cm³/mol. The molecule has 2 aromatic carbocycles. The smallest absolute Gasteiger partial charge is 0.254 e. The van der Waals surface area contributed by atoms with Gasteiger partial charge in [-0.05, 0) is 44.2 Å². The van der Waals surface area contributed by atoms with Crippen molar-refractivity contribution in [2.45, 2.75) is 20.0 Å². The molecule has 1 amide bonds. The van der Waals surface area contributed by atoms with Crippen molar-refractivity contribution in [2.24, 2.45) is 0 Å². The molecule has 0 aromatic heterocycles. The van der Waals surface area contributed by atoms with Crippen molar-refractivity contribution in [1.29, 1.82) is 0 Å². The molecular formula is C21H25NO5. The molecule has 144 valence electrons. The Hall–Kier alpha value is -2.89. The van der Waals surface area contributed by atoms with E-state index in [0.29, 0.717) is 49.1 Å². The number of hydrogen-bond acceptors (Lipinski definition) is 5. The van der Waals surface area contributed by atoms with Crippen LogP contribution in [0.25, 0.3) is 0 Å². The van der Waals surface area contributed by atoms with Gasteiger partial charge in [0.15, 0.2) is 29.1 Å². The van der Waals surface area contributed by atoms with Gasteiger partial charge in [-0.25, -0.2) is 0 Å². The van der Waals surface area contributed by atoms with Crippen LogP contribution in [-0.2, 0) is 0 Å². The molecule has 0 N–H and O–H groups in total. The third-order valence-electron chi connectivity index (χ3n) is 4.37. The first-order chi connectivity index (χ1) is 13.2. The van der Waals surface area contributed by atoms with Crippen molar-refractivity contribution >= 4 is 5.91 Å². The molecule has 1 aliphatic rings. The molecule has 0 fully saturated rings. The minimum atomic E-state index is -0.214. The van der Waals surface area contributed by atoms with E-state index in [1.165, 1.54) is 0 Å². The Morgan fingerprint density at radius 2 is 1.93 bits per heavy atom. The summed E-state index contributed by atoms with van der Waals surface area (Å²) in [5.41, 5.74) is 0.550. The largest absolute Gasteiger partial charge is 0.493 e. The number of fused-ring (bicyclic) bond motifs is 1. The van der Waals surface area contributed by atoms with Gasteiger partial charge >= 0.3 is 0 Å². The zero-order chi connectivity index (χ0) is 19.2. The van der Waals surface area contributed by atoms with Gasteiger partial charge in [-0.1, -0.05) is 12.1 Å². The average molecular weight is 371 g/mol. The van der Waals surface area contributed by atoms with Gasteiger partial charge in [0.25, 0.3) is 5.91 Å². The van der Waals surface area contributed by atoms with Crippen LogP contribution in [0.4, 0.5) is 0 Å². The van der Waals surface area contributed by atoms with Crippen LogP contribution < -0.4 is 18.9 Å². The highest BCUT2D eigenvalue weighted by Gasteiger charge is 2.25. The minimum Gasteiger partial charge on any atom is -0.493 e. The topological polar surface area (TPSA) is 57.2 Å². The molecule has 0 aliphatic carbocycles. The number of para-hydroxylation sites is 2. The zero-order valence-electron chi connectivity index (χ0n) is 15.9. The Kier molecular flexibility index (Phi) is 6.06. The molecule has 0 spiro atoms. The lowest BCUT2D eigenvalue weighted by Crippen LogP contribution is -2.43. The van der Waals surface area contributed by atoms with Crippen LogP contribution in [0.3, 0.4) is 0 Å². The normalized spacial score (nSPS) is 15.1. The van der Waals surface area contributed by atoms with Gasteiger partial charge in [0.1, 0.15) is 6.61 Å². The van der Waals surface area contributed by atoms with E-state index in [9.17, 15) is 4.79 Å². The zero-order valence-corrected chi connectivity index (χ0v) is 15.9. The first kappa shape index (κ1) is 18.9. The van der Waals surface area contributed by atoms with Gasteiger partial charge in [0.05, 0.1) is 20.3 Å². The molecule has 2 aromatic rings. The summed E-state index contributed by atoms with van der Waals surface area (Å²) in [7, 11) is 1.56. The van der Waals surface area contributed by atoms with E-state index >= 15 is 0 Å². The van der Waals surface area contributed by atoms with Crippen LogP contribution in [0.1, 0.15) is 24.2 Å². The number of carbonyl (C=O) groups is 1. The van der Waals surface area contributed by atoms with E-state index in [4.69, 9.17) is 18.9 Å². The van der Waals surface area contributed by atoms with Crippen LogP contribution in [0.15, 0.2) is 42.5 Å². The third kappa shape index (κ3) is 4.27. The standard InChI is InChI=1S/C21H25NO5/c1-4-22(13-16-14-26-17-8-6-7-9-19(17)27-16)21(23)15-10-11-18(25-5-2)20(12-15)24-3/h6-12,16H,4-5,13-14H2,1-3H3. The Labute approximate surface area is 159 Å². The molecule has 0 bridgehead atoms. The number of rotatable bonds is 7. The first-order valence-corrected chi connectivity index (χ1v) is 9.14. The van der Waals surface area contributed by atoms with Gasteiger partial charge in [-0.2, -0.15) is 0 Å². The summed E-state index contributed by atoms with van der Waals surface area (Å²) in [6.07, 6.45) is -0.214. The maximum Gasteiger partial charge on any atom is 0.254 e. The average Bonchev–Trinajstić information content (AvgIpc) is 2.72. The van der Waals surface area contributed by atoms with Gasteiger partial charge in [-0.3, -0.25) is 4.79 Å². The van der Waals surface area contributed by atoms with Gasteiger partial charge in [-0.15, -0.1) is 0 Å². The molecule has 3 rings (SSSR count). The van der Waals surface area contributed by atoms with E-state index in [1.807, 2.05) is 38.1 Å². The summed E-state index contributed by atoms with van der Waals surface area (Å²) in [5, 5.41) is 0.